The summed E-state index contributed by atoms with van der Waals surface area (Å²) in [6.07, 6.45) is 3.72. The molecule has 7 heteroatoms. The number of nitrogens with one attached hydrogen (secondary N) is 2. The first-order valence-corrected chi connectivity index (χ1v) is 10.7. The molecule has 0 aliphatic rings. The lowest BCUT2D eigenvalue weighted by Crippen LogP contribution is -2.24. The Kier molecular flexibility index (Phi) is 6.40. The van der Waals surface area contributed by atoms with Gasteiger partial charge in [-0.15, -0.1) is 0 Å². The Morgan fingerprint density at radius 1 is 1.03 bits per heavy atom. The van der Waals surface area contributed by atoms with E-state index in [2.05, 4.69) is 38.7 Å². The van der Waals surface area contributed by atoms with E-state index in [1.807, 2.05) is 62.8 Å². The van der Waals surface area contributed by atoms with Crippen LogP contribution in [0.5, 0.6) is 5.75 Å². The van der Waals surface area contributed by atoms with Gasteiger partial charge >= 0.3 is 6.03 Å². The molecule has 0 saturated carbocycles. The highest BCUT2D eigenvalue weighted by Gasteiger charge is 2.10. The van der Waals surface area contributed by atoms with Crippen LogP contribution >= 0.6 is 0 Å². The molecule has 168 valence electrons. The summed E-state index contributed by atoms with van der Waals surface area (Å²) >= 11 is 0. The first-order chi connectivity index (χ1) is 16.0. The molecule has 0 radical (unpaired) electrons. The van der Waals surface area contributed by atoms with E-state index < -0.39 is 0 Å². The van der Waals surface area contributed by atoms with Crippen LogP contribution in [0.2, 0.25) is 0 Å². The van der Waals surface area contributed by atoms with Crippen molar-refractivity contribution in [2.75, 3.05) is 31.4 Å². The molecule has 0 spiro atoms. The third-order valence-corrected chi connectivity index (χ3v) is 5.55. The summed E-state index contributed by atoms with van der Waals surface area (Å²) in [5.74, 6) is 1.70. The molecule has 33 heavy (non-hydrogen) atoms. The molecule has 0 saturated heterocycles. The molecule has 2 aromatic carbocycles. The minimum absolute atomic E-state index is 0.253. The zero-order valence-electron chi connectivity index (χ0n) is 19.2. The van der Waals surface area contributed by atoms with Crippen LogP contribution in [0.1, 0.15) is 11.1 Å². The zero-order chi connectivity index (χ0) is 23.4. The number of amides is 2. The summed E-state index contributed by atoms with van der Waals surface area (Å²) in [4.78, 5) is 23.1. The van der Waals surface area contributed by atoms with E-state index in [9.17, 15) is 4.79 Å². The average molecular weight is 442 g/mol. The molecule has 4 aromatic rings. The lowest BCUT2D eigenvalue weighted by atomic mass is 10.0. The van der Waals surface area contributed by atoms with Gasteiger partial charge in [0.05, 0.1) is 12.6 Å². The second-order valence-electron chi connectivity index (χ2n) is 7.90. The number of nitrogens with zero attached hydrogens (tertiary/aromatic N) is 3. The molecular formula is C26H27N5O2. The minimum Gasteiger partial charge on any atom is -0.497 e. The van der Waals surface area contributed by atoms with Crippen LogP contribution in [0.25, 0.3) is 22.0 Å². The Balaban J connectivity index is 1.57. The van der Waals surface area contributed by atoms with Crippen molar-refractivity contribution < 1.29 is 9.53 Å². The predicted octanol–water partition coefficient (Wildman–Crippen LogP) is 5.00. The van der Waals surface area contributed by atoms with E-state index in [0.29, 0.717) is 0 Å². The summed E-state index contributed by atoms with van der Waals surface area (Å²) in [6, 6.07) is 17.7. The van der Waals surface area contributed by atoms with Crippen molar-refractivity contribution >= 4 is 28.4 Å². The van der Waals surface area contributed by atoms with Gasteiger partial charge in [0, 0.05) is 55.7 Å². The molecule has 2 N–H and O–H groups in total. The number of carbonyl (C=O) groups is 1. The number of ether oxygens (including phenoxy) is 1. The van der Waals surface area contributed by atoms with Gasteiger partial charge in [-0.3, -0.25) is 4.98 Å². The van der Waals surface area contributed by atoms with E-state index in [1.54, 1.807) is 14.2 Å². The molecular weight excluding hydrogens is 414 g/mol. The van der Waals surface area contributed by atoms with Crippen molar-refractivity contribution in [2.24, 2.45) is 0 Å². The van der Waals surface area contributed by atoms with E-state index >= 15 is 0 Å². The van der Waals surface area contributed by atoms with E-state index in [0.717, 1.165) is 51.4 Å². The molecule has 0 aliphatic carbocycles. The number of anilines is 2. The van der Waals surface area contributed by atoms with Gasteiger partial charge in [-0.1, -0.05) is 18.2 Å². The van der Waals surface area contributed by atoms with Crippen molar-refractivity contribution in [1.82, 2.24) is 15.3 Å². The first-order valence-electron chi connectivity index (χ1n) is 10.7. The molecule has 0 bridgehead atoms. The van der Waals surface area contributed by atoms with Gasteiger partial charge < -0.3 is 20.3 Å². The number of methoxy groups -OCH3 is 1. The normalized spacial score (nSPS) is 10.7. The van der Waals surface area contributed by atoms with Crippen molar-refractivity contribution in [2.45, 2.75) is 13.5 Å². The Labute approximate surface area is 193 Å². The predicted molar refractivity (Wildman–Crippen MR) is 133 cm³/mol. The number of fused-ring (bicyclic) bond motifs is 1. The number of aromatic nitrogens is 2. The van der Waals surface area contributed by atoms with Gasteiger partial charge in [0.1, 0.15) is 11.6 Å². The highest BCUT2D eigenvalue weighted by atomic mass is 16.5. The van der Waals surface area contributed by atoms with Crippen LogP contribution in [0.15, 0.2) is 67.0 Å². The maximum Gasteiger partial charge on any atom is 0.318 e. The van der Waals surface area contributed by atoms with Crippen LogP contribution < -0.4 is 20.3 Å². The van der Waals surface area contributed by atoms with Gasteiger partial charge in [0.2, 0.25) is 0 Å². The van der Waals surface area contributed by atoms with Crippen molar-refractivity contribution in [3.05, 3.63) is 78.1 Å². The van der Waals surface area contributed by atoms with Crippen molar-refractivity contribution in [1.29, 1.82) is 0 Å². The fourth-order valence-corrected chi connectivity index (χ4v) is 3.66. The third-order valence-electron chi connectivity index (χ3n) is 5.55. The van der Waals surface area contributed by atoms with Crippen molar-refractivity contribution in [3.8, 4) is 16.9 Å². The second kappa shape index (κ2) is 9.56. The van der Waals surface area contributed by atoms with E-state index in [1.165, 1.54) is 5.56 Å². The van der Waals surface area contributed by atoms with Crippen LogP contribution in [0.4, 0.5) is 16.3 Å². The summed E-state index contributed by atoms with van der Waals surface area (Å²) in [6.45, 7) is 2.77. The monoisotopic (exact) mass is 441 g/mol. The largest absolute Gasteiger partial charge is 0.497 e. The Morgan fingerprint density at radius 3 is 2.55 bits per heavy atom. The number of hydrogen-bond donors (Lipinski definition) is 2. The molecule has 2 amide bonds. The molecule has 4 rings (SSSR count). The molecule has 2 heterocycles. The van der Waals surface area contributed by atoms with Crippen LogP contribution in [0, 0.1) is 6.92 Å². The Morgan fingerprint density at radius 2 is 1.82 bits per heavy atom. The van der Waals surface area contributed by atoms with Gasteiger partial charge in [-0.2, -0.15) is 0 Å². The van der Waals surface area contributed by atoms with Gasteiger partial charge in [-0.05, 0) is 53.9 Å². The second-order valence-corrected chi connectivity index (χ2v) is 7.90. The highest BCUT2D eigenvalue weighted by Crippen LogP contribution is 2.29. The van der Waals surface area contributed by atoms with Crippen molar-refractivity contribution in [3.63, 3.8) is 0 Å². The Bertz CT molecular complexity index is 1290. The fourth-order valence-electron chi connectivity index (χ4n) is 3.66. The number of pyridine rings is 2. The smallest absolute Gasteiger partial charge is 0.318 e. The summed E-state index contributed by atoms with van der Waals surface area (Å²) < 4.78 is 5.23. The Hall–Kier alpha value is -4.13. The van der Waals surface area contributed by atoms with Crippen LogP contribution in [0.3, 0.4) is 0 Å². The summed E-state index contributed by atoms with van der Waals surface area (Å²) in [5, 5.41) is 6.34. The molecule has 0 fully saturated rings. The molecule has 0 aliphatic heterocycles. The van der Waals surface area contributed by atoms with E-state index in [4.69, 9.17) is 9.72 Å². The minimum atomic E-state index is -0.253. The van der Waals surface area contributed by atoms with Gasteiger partial charge in [-0.25, -0.2) is 9.78 Å². The standard InChI is InChI=1S/C26H27N5O2/c1-17-5-8-21(30-26(32)27-2)12-23(17)19-11-20-15-29-25(13-24(20)28-14-19)31(3)16-18-6-9-22(33-4)10-7-18/h5-15H,16H2,1-4H3,(H2,27,30,32). The van der Waals surface area contributed by atoms with E-state index in [-0.39, 0.29) is 6.03 Å². The SMILES string of the molecule is CNC(=O)Nc1ccc(C)c(-c2cnc3cc(N(C)Cc4ccc(OC)cc4)ncc3c2)c1. The fraction of sp³-hybridized carbons (Fsp3) is 0.192. The average Bonchev–Trinajstić information content (AvgIpc) is 2.85. The molecule has 7 nitrogen and oxygen atoms in total. The van der Waals surface area contributed by atoms with Crippen LogP contribution in [-0.2, 0) is 6.54 Å². The molecule has 0 atom stereocenters. The maximum atomic E-state index is 11.7. The highest BCUT2D eigenvalue weighted by molar-refractivity contribution is 5.91. The van der Waals surface area contributed by atoms with Gasteiger partial charge in [0.15, 0.2) is 0 Å². The number of rotatable bonds is 6. The maximum absolute atomic E-state index is 11.7. The zero-order valence-corrected chi connectivity index (χ0v) is 19.2. The topological polar surface area (TPSA) is 79.4 Å². The summed E-state index contributed by atoms with van der Waals surface area (Å²) in [7, 11) is 5.27. The number of carbonyl (C=O) groups excluding carboxylic acids is 1. The van der Waals surface area contributed by atoms with Crippen LogP contribution in [-0.4, -0.2) is 37.2 Å². The molecule has 2 aromatic heterocycles. The lowest BCUT2D eigenvalue weighted by molar-refractivity contribution is 0.254. The first kappa shape index (κ1) is 22.1. The number of aryl methyl sites for hydroxylation is 1. The number of hydrogen-bond acceptors (Lipinski definition) is 5. The quantitative estimate of drug-likeness (QED) is 0.440. The number of urea groups is 1. The summed E-state index contributed by atoms with van der Waals surface area (Å²) in [5.41, 5.74) is 5.86. The lowest BCUT2D eigenvalue weighted by Gasteiger charge is -2.19. The number of benzene rings is 2. The van der Waals surface area contributed by atoms with Gasteiger partial charge in [0.25, 0.3) is 0 Å². The molecule has 0 unspecified atom stereocenters. The third kappa shape index (κ3) is 5.03.